The van der Waals surface area contributed by atoms with Crippen LogP contribution >= 0.6 is 16.5 Å². The molecular formula is C34H58NiO8P2. The minimum Gasteiger partial charge on any atom is -0.507 e. The Kier molecular flexibility index (Phi) is 17.4. The summed E-state index contributed by atoms with van der Waals surface area (Å²) in [7, 11) is -4.91. The SMILES string of the molecule is CCO[PH](=O)OCc1cc(C(C)(C)C)c(O)c(C(C)(C)C)c1.CCO[PH](=O)OCc1cc(C(C)(C)C)c(O)c(C(C)(C)C)c1.[Ni]. The van der Waals surface area contributed by atoms with Gasteiger partial charge in [0.05, 0.1) is 26.4 Å². The van der Waals surface area contributed by atoms with E-state index in [-0.39, 0.29) is 51.4 Å². The number of aromatic hydroxyl groups is 2. The van der Waals surface area contributed by atoms with Crippen molar-refractivity contribution in [3.05, 3.63) is 57.6 Å². The molecule has 0 saturated heterocycles. The Morgan fingerprint density at radius 3 is 0.911 bits per heavy atom. The van der Waals surface area contributed by atoms with Gasteiger partial charge in [-0.25, -0.2) is 0 Å². The van der Waals surface area contributed by atoms with Crippen LogP contribution in [0.4, 0.5) is 0 Å². The van der Waals surface area contributed by atoms with Crippen molar-refractivity contribution in [2.75, 3.05) is 13.2 Å². The van der Waals surface area contributed by atoms with Crippen molar-refractivity contribution in [1.29, 1.82) is 0 Å². The zero-order chi connectivity index (χ0) is 34.3. The van der Waals surface area contributed by atoms with E-state index < -0.39 is 16.5 Å². The van der Waals surface area contributed by atoms with Crippen LogP contribution in [0.5, 0.6) is 11.5 Å². The van der Waals surface area contributed by atoms with E-state index in [1.165, 1.54) is 0 Å². The quantitative estimate of drug-likeness (QED) is 0.185. The minimum atomic E-state index is -2.46. The molecule has 0 spiro atoms. The van der Waals surface area contributed by atoms with Crippen molar-refractivity contribution in [2.45, 2.75) is 132 Å². The average molecular weight is 715 g/mol. The van der Waals surface area contributed by atoms with E-state index in [4.69, 9.17) is 18.1 Å². The van der Waals surface area contributed by atoms with E-state index in [2.05, 4.69) is 83.1 Å². The number of rotatable bonds is 10. The fourth-order valence-electron chi connectivity index (χ4n) is 4.45. The van der Waals surface area contributed by atoms with Gasteiger partial charge >= 0.3 is 16.5 Å². The zero-order valence-electron chi connectivity index (χ0n) is 29.8. The van der Waals surface area contributed by atoms with Crippen LogP contribution in [0.2, 0.25) is 0 Å². The summed E-state index contributed by atoms with van der Waals surface area (Å²) in [6, 6.07) is 7.69. The van der Waals surface area contributed by atoms with Crippen molar-refractivity contribution in [3.63, 3.8) is 0 Å². The molecule has 0 saturated carbocycles. The molecule has 8 nitrogen and oxygen atoms in total. The zero-order valence-corrected chi connectivity index (χ0v) is 32.8. The van der Waals surface area contributed by atoms with Crippen molar-refractivity contribution in [3.8, 4) is 11.5 Å². The number of phenolic OH excluding ortho intramolecular Hbond substituents is 2. The first-order valence-corrected chi connectivity index (χ1v) is 17.7. The van der Waals surface area contributed by atoms with E-state index in [0.717, 1.165) is 33.4 Å². The standard InChI is InChI=1S/2C17H29O4P.Ni/c2*1-8-20-22(19)21-11-12-9-13(16(2,3)4)15(18)14(10-12)17(5,6)7;/h2*9-10,18,22H,8,11H2,1-7H3;. The van der Waals surface area contributed by atoms with E-state index in [1.807, 2.05) is 24.3 Å². The maximum absolute atomic E-state index is 11.5. The van der Waals surface area contributed by atoms with Gasteiger partial charge in [0.1, 0.15) is 11.5 Å². The molecule has 0 bridgehead atoms. The van der Waals surface area contributed by atoms with E-state index in [1.54, 1.807) is 13.8 Å². The Balaban J connectivity index is 0.000000842. The summed E-state index contributed by atoms with van der Waals surface area (Å²) in [5.74, 6) is 0.669. The summed E-state index contributed by atoms with van der Waals surface area (Å²) >= 11 is 0. The summed E-state index contributed by atoms with van der Waals surface area (Å²) in [6.45, 7) is 29.4. The van der Waals surface area contributed by atoms with Crippen LogP contribution in [0.25, 0.3) is 0 Å². The molecule has 0 aromatic heterocycles. The summed E-state index contributed by atoms with van der Waals surface area (Å²) in [6.07, 6.45) is 0. The molecule has 0 fully saturated rings. The maximum Gasteiger partial charge on any atom is 0.319 e. The second-order valence-electron chi connectivity index (χ2n) is 15.0. The predicted molar refractivity (Wildman–Crippen MR) is 182 cm³/mol. The van der Waals surface area contributed by atoms with Crippen LogP contribution in [-0.2, 0) is 78.6 Å². The maximum atomic E-state index is 11.5. The van der Waals surface area contributed by atoms with Gasteiger partial charge in [-0.1, -0.05) is 83.1 Å². The largest absolute Gasteiger partial charge is 0.507 e. The molecular weight excluding hydrogens is 657 g/mol. The van der Waals surface area contributed by atoms with Crippen LogP contribution in [-0.4, -0.2) is 23.4 Å². The Labute approximate surface area is 283 Å². The molecule has 2 rings (SSSR count). The number of benzene rings is 2. The van der Waals surface area contributed by atoms with Gasteiger partial charge in [-0.05, 0) is 93.2 Å². The Bertz CT molecular complexity index is 1110. The number of hydrogen-bond donors (Lipinski definition) is 2. The first kappa shape index (κ1) is 43.8. The van der Waals surface area contributed by atoms with Crippen LogP contribution in [0.15, 0.2) is 24.3 Å². The molecule has 2 atom stereocenters. The van der Waals surface area contributed by atoms with Gasteiger partial charge in [0.15, 0.2) is 0 Å². The Morgan fingerprint density at radius 1 is 0.511 bits per heavy atom. The fourth-order valence-corrected chi connectivity index (χ4v) is 5.65. The minimum absolute atomic E-state index is 0. The molecule has 11 heteroatoms. The van der Waals surface area contributed by atoms with Crippen molar-refractivity contribution >= 4 is 16.5 Å². The predicted octanol–water partition coefficient (Wildman–Crippen LogP) is 9.86. The molecule has 2 aromatic carbocycles. The van der Waals surface area contributed by atoms with Gasteiger partial charge in [-0.2, -0.15) is 0 Å². The van der Waals surface area contributed by atoms with Gasteiger partial charge in [0.2, 0.25) is 0 Å². The topological polar surface area (TPSA) is 112 Å². The molecule has 0 aliphatic carbocycles. The van der Waals surface area contributed by atoms with Crippen molar-refractivity contribution in [1.82, 2.24) is 0 Å². The Hall–Kier alpha value is -1.17. The van der Waals surface area contributed by atoms with E-state index in [0.29, 0.717) is 24.7 Å². The molecule has 0 aliphatic rings. The molecule has 0 radical (unpaired) electrons. The first-order valence-electron chi connectivity index (χ1n) is 15.3. The van der Waals surface area contributed by atoms with Crippen molar-refractivity contribution in [2.24, 2.45) is 0 Å². The third kappa shape index (κ3) is 14.2. The Morgan fingerprint density at radius 2 is 0.733 bits per heavy atom. The van der Waals surface area contributed by atoms with Crippen LogP contribution in [0, 0.1) is 0 Å². The van der Waals surface area contributed by atoms with Crippen LogP contribution in [0.1, 0.15) is 130 Å². The smallest absolute Gasteiger partial charge is 0.319 e. The van der Waals surface area contributed by atoms with Crippen molar-refractivity contribution < 1.29 is 53.9 Å². The summed E-state index contributed by atoms with van der Waals surface area (Å²) in [4.78, 5) is 0. The molecule has 0 heterocycles. The van der Waals surface area contributed by atoms with E-state index >= 15 is 0 Å². The molecule has 0 aliphatic heterocycles. The van der Waals surface area contributed by atoms with Crippen LogP contribution < -0.4 is 0 Å². The summed E-state index contributed by atoms with van der Waals surface area (Å²) in [5.41, 5.74) is 4.51. The molecule has 2 aromatic rings. The second-order valence-corrected chi connectivity index (χ2v) is 17.2. The molecule has 2 N–H and O–H groups in total. The average Bonchev–Trinajstić information content (AvgIpc) is 2.85. The third-order valence-corrected chi connectivity index (χ3v) is 8.62. The number of hydrogen-bond acceptors (Lipinski definition) is 8. The van der Waals surface area contributed by atoms with Crippen LogP contribution in [0.3, 0.4) is 0 Å². The normalized spacial score (nSPS) is 13.8. The first-order chi connectivity index (χ1) is 19.9. The molecule has 45 heavy (non-hydrogen) atoms. The second kappa shape index (κ2) is 17.8. The third-order valence-electron chi connectivity index (χ3n) is 6.81. The fraction of sp³-hybridized carbons (Fsp3) is 0.647. The van der Waals surface area contributed by atoms with Gasteiger partial charge < -0.3 is 28.3 Å². The summed E-state index contributed by atoms with van der Waals surface area (Å²) < 4.78 is 43.6. The molecule has 262 valence electrons. The summed E-state index contributed by atoms with van der Waals surface area (Å²) in [5, 5.41) is 21.3. The van der Waals surface area contributed by atoms with E-state index in [9.17, 15) is 19.3 Å². The molecule has 0 amide bonds. The monoisotopic (exact) mass is 714 g/mol. The molecule has 2 unspecified atom stereocenters. The van der Waals surface area contributed by atoms with Gasteiger partial charge in [0.25, 0.3) is 0 Å². The van der Waals surface area contributed by atoms with Gasteiger partial charge in [-0.3, -0.25) is 9.13 Å². The van der Waals surface area contributed by atoms with Gasteiger partial charge in [-0.15, -0.1) is 0 Å². The van der Waals surface area contributed by atoms with Gasteiger partial charge in [0, 0.05) is 16.5 Å². The number of phenols is 2.